The molecule has 0 aromatic rings. The third-order valence-corrected chi connectivity index (χ3v) is 3.75. The molecule has 0 atom stereocenters. The van der Waals surface area contributed by atoms with Crippen molar-refractivity contribution in [3.8, 4) is 0 Å². The van der Waals surface area contributed by atoms with Crippen LogP contribution in [0.15, 0.2) is 0 Å². The highest BCUT2D eigenvalue weighted by atomic mass is 16.5. The number of nitrogens with zero attached hydrogens (tertiary/aromatic N) is 1. The van der Waals surface area contributed by atoms with Gasteiger partial charge in [-0.05, 0) is 31.1 Å². The maximum absolute atomic E-state index is 7.95. The zero-order valence-electron chi connectivity index (χ0n) is 9.72. The van der Waals surface area contributed by atoms with Crippen LogP contribution in [0.2, 0.25) is 0 Å². The first-order chi connectivity index (χ1) is 7.20. The van der Waals surface area contributed by atoms with Crippen LogP contribution in [0, 0.1) is 10.8 Å². The Bertz CT molecular complexity index is 234. The fourth-order valence-corrected chi connectivity index (χ4v) is 2.55. The molecule has 2 aliphatic heterocycles. The van der Waals surface area contributed by atoms with Crippen LogP contribution in [0.4, 0.5) is 0 Å². The molecule has 2 fully saturated rings. The molecular formula is C12H22N2O. The predicted octanol–water partition coefficient (Wildman–Crippen LogP) is 2.27. The zero-order valence-corrected chi connectivity index (χ0v) is 9.72. The lowest BCUT2D eigenvalue weighted by atomic mass is 9.81. The number of rotatable bonds is 2. The van der Waals surface area contributed by atoms with Gasteiger partial charge in [-0.2, -0.15) is 0 Å². The Morgan fingerprint density at radius 1 is 1.33 bits per heavy atom. The van der Waals surface area contributed by atoms with Gasteiger partial charge in [-0.3, -0.25) is 5.41 Å². The second kappa shape index (κ2) is 4.52. The third kappa shape index (κ3) is 2.71. The number of ether oxygens (including phenoxy) is 1. The summed E-state index contributed by atoms with van der Waals surface area (Å²) in [6, 6.07) is 0. The molecule has 86 valence electrons. The maximum Gasteiger partial charge on any atom is 0.0957 e. The molecular weight excluding hydrogens is 188 g/mol. The summed E-state index contributed by atoms with van der Waals surface area (Å²) >= 11 is 0. The first-order valence-electron chi connectivity index (χ1n) is 6.10. The minimum Gasteiger partial charge on any atom is -0.381 e. The number of amidine groups is 1. The van der Waals surface area contributed by atoms with Crippen molar-refractivity contribution >= 4 is 5.84 Å². The Labute approximate surface area is 92.3 Å². The molecule has 0 unspecified atom stereocenters. The van der Waals surface area contributed by atoms with Gasteiger partial charge in [0.2, 0.25) is 0 Å². The van der Waals surface area contributed by atoms with Crippen molar-refractivity contribution in [2.24, 2.45) is 5.41 Å². The summed E-state index contributed by atoms with van der Waals surface area (Å²) in [6.45, 7) is 6.30. The van der Waals surface area contributed by atoms with E-state index in [2.05, 4.69) is 11.8 Å². The van der Waals surface area contributed by atoms with Gasteiger partial charge < -0.3 is 9.64 Å². The molecule has 0 aromatic carbocycles. The molecule has 2 heterocycles. The predicted molar refractivity (Wildman–Crippen MR) is 61.3 cm³/mol. The second-order valence-corrected chi connectivity index (χ2v) is 5.25. The Balaban J connectivity index is 1.91. The smallest absolute Gasteiger partial charge is 0.0957 e. The van der Waals surface area contributed by atoms with Gasteiger partial charge in [0, 0.05) is 32.7 Å². The summed E-state index contributed by atoms with van der Waals surface area (Å²) in [5.74, 6) is 0.856. The summed E-state index contributed by atoms with van der Waals surface area (Å²) < 4.78 is 5.41. The molecule has 0 aromatic heterocycles. The van der Waals surface area contributed by atoms with Gasteiger partial charge in [0.1, 0.15) is 0 Å². The first kappa shape index (κ1) is 10.9. The van der Waals surface area contributed by atoms with Crippen LogP contribution in [0.1, 0.15) is 39.0 Å². The van der Waals surface area contributed by atoms with Crippen molar-refractivity contribution in [1.29, 1.82) is 5.41 Å². The van der Waals surface area contributed by atoms with Crippen LogP contribution in [-0.2, 0) is 4.74 Å². The number of hydrogen-bond donors (Lipinski definition) is 1. The highest BCUT2D eigenvalue weighted by Crippen LogP contribution is 2.31. The lowest BCUT2D eigenvalue weighted by molar-refractivity contribution is 0.0130. The van der Waals surface area contributed by atoms with Crippen molar-refractivity contribution < 1.29 is 4.74 Å². The highest BCUT2D eigenvalue weighted by Gasteiger charge is 2.31. The largest absolute Gasteiger partial charge is 0.381 e. The molecule has 2 aliphatic rings. The normalized spacial score (nSPS) is 26.7. The summed E-state index contributed by atoms with van der Waals surface area (Å²) in [4.78, 5) is 2.29. The average Bonchev–Trinajstić information content (AvgIpc) is 2.22. The molecule has 2 saturated heterocycles. The van der Waals surface area contributed by atoms with Crippen LogP contribution in [0.3, 0.4) is 0 Å². The quantitative estimate of drug-likeness (QED) is 0.759. The van der Waals surface area contributed by atoms with Crippen molar-refractivity contribution in [2.75, 3.05) is 26.3 Å². The summed E-state index contributed by atoms with van der Waals surface area (Å²) in [6.07, 6.45) is 5.74. The lowest BCUT2D eigenvalue weighted by Crippen LogP contribution is -2.44. The molecule has 0 bridgehead atoms. The van der Waals surface area contributed by atoms with Crippen LogP contribution in [0.5, 0.6) is 0 Å². The molecule has 0 amide bonds. The van der Waals surface area contributed by atoms with Gasteiger partial charge in [0.05, 0.1) is 5.84 Å². The van der Waals surface area contributed by atoms with E-state index in [1.165, 1.54) is 12.8 Å². The lowest BCUT2D eigenvalue weighted by Gasteiger charge is -2.40. The fourth-order valence-electron chi connectivity index (χ4n) is 2.55. The van der Waals surface area contributed by atoms with E-state index in [1.54, 1.807) is 0 Å². The molecule has 15 heavy (non-hydrogen) atoms. The molecule has 3 heteroatoms. The number of nitrogens with one attached hydrogen (secondary N) is 1. The van der Waals surface area contributed by atoms with E-state index >= 15 is 0 Å². The minimum atomic E-state index is 0.377. The van der Waals surface area contributed by atoms with Gasteiger partial charge in [-0.1, -0.05) is 6.92 Å². The van der Waals surface area contributed by atoms with Gasteiger partial charge >= 0.3 is 0 Å². The number of piperidine rings is 1. The van der Waals surface area contributed by atoms with Crippen molar-refractivity contribution in [1.82, 2.24) is 4.90 Å². The number of hydrogen-bond acceptors (Lipinski definition) is 2. The highest BCUT2D eigenvalue weighted by molar-refractivity contribution is 5.79. The zero-order chi connectivity index (χ0) is 10.7. The van der Waals surface area contributed by atoms with E-state index in [0.717, 1.165) is 51.4 Å². The molecule has 1 N–H and O–H groups in total. The Kier molecular flexibility index (Phi) is 3.29. The Morgan fingerprint density at radius 3 is 2.73 bits per heavy atom. The van der Waals surface area contributed by atoms with Crippen LogP contribution in [0.25, 0.3) is 0 Å². The van der Waals surface area contributed by atoms with Gasteiger partial charge in [-0.25, -0.2) is 0 Å². The molecule has 0 saturated carbocycles. The SMILES string of the molecule is CC1(CN2CCCCC2=N)CCOCC1. The van der Waals surface area contributed by atoms with E-state index < -0.39 is 0 Å². The van der Waals surface area contributed by atoms with Crippen molar-refractivity contribution in [3.05, 3.63) is 0 Å². The molecule has 3 nitrogen and oxygen atoms in total. The summed E-state index contributed by atoms with van der Waals surface area (Å²) in [5, 5.41) is 7.95. The standard InChI is InChI=1S/C12H22N2O/c1-12(5-8-15-9-6-12)10-14-7-3-2-4-11(14)13/h13H,2-10H2,1H3. The average molecular weight is 210 g/mol. The van der Waals surface area contributed by atoms with Gasteiger partial charge in [0.15, 0.2) is 0 Å². The topological polar surface area (TPSA) is 36.3 Å². The van der Waals surface area contributed by atoms with Gasteiger partial charge in [-0.15, -0.1) is 0 Å². The Hall–Kier alpha value is -0.570. The second-order valence-electron chi connectivity index (χ2n) is 5.25. The monoisotopic (exact) mass is 210 g/mol. The van der Waals surface area contributed by atoms with Crippen LogP contribution in [-0.4, -0.2) is 37.0 Å². The Morgan fingerprint density at radius 2 is 2.07 bits per heavy atom. The van der Waals surface area contributed by atoms with Gasteiger partial charge in [0.25, 0.3) is 0 Å². The van der Waals surface area contributed by atoms with E-state index in [0.29, 0.717) is 5.41 Å². The summed E-state index contributed by atoms with van der Waals surface area (Å²) in [5.41, 5.74) is 0.377. The van der Waals surface area contributed by atoms with Crippen molar-refractivity contribution in [2.45, 2.75) is 39.0 Å². The van der Waals surface area contributed by atoms with E-state index in [-0.39, 0.29) is 0 Å². The number of likely N-dealkylation sites (tertiary alicyclic amines) is 1. The molecule has 0 radical (unpaired) electrons. The van der Waals surface area contributed by atoms with E-state index in [4.69, 9.17) is 10.1 Å². The minimum absolute atomic E-state index is 0.377. The molecule has 0 spiro atoms. The maximum atomic E-state index is 7.95. The third-order valence-electron chi connectivity index (χ3n) is 3.75. The van der Waals surface area contributed by atoms with Crippen LogP contribution < -0.4 is 0 Å². The first-order valence-corrected chi connectivity index (χ1v) is 6.10. The fraction of sp³-hybridized carbons (Fsp3) is 0.917. The van der Waals surface area contributed by atoms with Crippen molar-refractivity contribution in [3.63, 3.8) is 0 Å². The summed E-state index contributed by atoms with van der Waals surface area (Å²) in [7, 11) is 0. The van der Waals surface area contributed by atoms with E-state index in [1.807, 2.05) is 0 Å². The van der Waals surface area contributed by atoms with E-state index in [9.17, 15) is 0 Å². The molecule has 2 rings (SSSR count). The van der Waals surface area contributed by atoms with Crippen LogP contribution >= 0.6 is 0 Å². The molecule has 0 aliphatic carbocycles.